The normalized spacial score (nSPS) is 9.65. The van der Waals surface area contributed by atoms with Crippen LogP contribution in [0.15, 0.2) is 24.3 Å². The lowest BCUT2D eigenvalue weighted by Crippen LogP contribution is -2.27. The summed E-state index contributed by atoms with van der Waals surface area (Å²) in [6.45, 7) is -2.66. The smallest absolute Gasteiger partial charge is 0.387 e. The van der Waals surface area contributed by atoms with Crippen LogP contribution in [-0.2, 0) is 6.54 Å². The van der Waals surface area contributed by atoms with Gasteiger partial charge in [-0.1, -0.05) is 24.9 Å². The van der Waals surface area contributed by atoms with E-state index in [9.17, 15) is 13.6 Å². The van der Waals surface area contributed by atoms with Crippen molar-refractivity contribution >= 4 is 42.8 Å². The lowest BCUT2D eigenvalue weighted by Gasteiger charge is -2.12. The number of amides is 2. The highest BCUT2D eigenvalue weighted by Gasteiger charge is 2.07. The van der Waals surface area contributed by atoms with Crippen molar-refractivity contribution in [2.45, 2.75) is 13.2 Å². The number of nitrogens with two attached hydrogens (primary N) is 1. The van der Waals surface area contributed by atoms with Gasteiger partial charge in [0.25, 0.3) is 0 Å². The Balaban J connectivity index is 0.00000256. The van der Waals surface area contributed by atoms with Crippen molar-refractivity contribution in [2.75, 3.05) is 0 Å². The maximum Gasteiger partial charge on any atom is 0.387 e. The van der Waals surface area contributed by atoms with Crippen molar-refractivity contribution < 1.29 is 18.3 Å². The van der Waals surface area contributed by atoms with Crippen molar-refractivity contribution in [1.29, 1.82) is 0 Å². The second-order valence-electron chi connectivity index (χ2n) is 2.92. The third kappa shape index (κ3) is 5.91. The van der Waals surface area contributed by atoms with Crippen molar-refractivity contribution in [3.8, 4) is 5.75 Å². The summed E-state index contributed by atoms with van der Waals surface area (Å²) in [7, 11) is 0. The van der Waals surface area contributed by atoms with E-state index in [4.69, 9.17) is 5.73 Å². The Morgan fingerprint density at radius 3 is 2.35 bits per heavy atom. The average Bonchev–Trinajstić information content (AvgIpc) is 2.20. The molecule has 0 fully saturated rings. The molecule has 96 valence electrons. The summed E-state index contributed by atoms with van der Waals surface area (Å²) >= 11 is 3.83. The molecule has 8 heteroatoms. The van der Waals surface area contributed by atoms with Gasteiger partial charge in [0.05, 0.1) is 6.54 Å². The average molecular weight is 376 g/mol. The number of rotatable bonds is 4. The van der Waals surface area contributed by atoms with Crippen LogP contribution in [-0.4, -0.2) is 16.9 Å². The molecule has 0 aliphatic carbocycles. The second-order valence-corrected chi connectivity index (χ2v) is 3.40. The molecule has 0 aliphatic heterocycles. The van der Waals surface area contributed by atoms with Gasteiger partial charge in [-0.3, -0.25) is 4.31 Å². The molecule has 0 aliphatic rings. The molecule has 1 aromatic carbocycles. The van der Waals surface area contributed by atoms with E-state index in [0.29, 0.717) is 5.56 Å². The number of hydrogen-bond donors (Lipinski definition) is 2. The first-order chi connectivity index (χ1) is 7.49. The van der Waals surface area contributed by atoms with Gasteiger partial charge >= 0.3 is 12.6 Å². The molecule has 0 heterocycles. The Morgan fingerprint density at radius 2 is 1.94 bits per heavy atom. The molecule has 0 aromatic heterocycles. The van der Waals surface area contributed by atoms with Crippen LogP contribution in [0.2, 0.25) is 0 Å². The molecule has 0 unspecified atom stereocenters. The summed E-state index contributed by atoms with van der Waals surface area (Å²) in [5.41, 5.74) is 5.67. The maximum absolute atomic E-state index is 11.8. The number of ether oxygens (including phenoxy) is 1. The predicted molar refractivity (Wildman–Crippen MR) is 72.6 cm³/mol. The van der Waals surface area contributed by atoms with E-state index in [1.54, 1.807) is 12.1 Å². The molecular formula is C9H11F2IN2O2S. The van der Waals surface area contributed by atoms with Crippen LogP contribution in [0.3, 0.4) is 0 Å². The summed E-state index contributed by atoms with van der Waals surface area (Å²) in [4.78, 5) is 10.7. The van der Waals surface area contributed by atoms with Crippen molar-refractivity contribution in [1.82, 2.24) is 4.31 Å². The van der Waals surface area contributed by atoms with Crippen LogP contribution in [0, 0.1) is 0 Å². The number of alkyl halides is 2. The Labute approximate surface area is 120 Å². The zero-order chi connectivity index (χ0) is 12.1. The van der Waals surface area contributed by atoms with E-state index in [1.807, 2.05) is 0 Å². The van der Waals surface area contributed by atoms with Crippen LogP contribution in [0.1, 0.15) is 5.56 Å². The topological polar surface area (TPSA) is 55.6 Å². The standard InChI is InChI=1S/C9H10F2N2O2S.HI/c10-8(11)15-7-3-1-6(2-4-7)5-13(16)9(12)14;/h1-4,8,16H,5H2,(H2,12,14);1H. The quantitative estimate of drug-likeness (QED) is 0.627. The lowest BCUT2D eigenvalue weighted by molar-refractivity contribution is -0.0498. The molecule has 2 N–H and O–H groups in total. The second kappa shape index (κ2) is 7.54. The Bertz CT molecular complexity index is 365. The summed E-state index contributed by atoms with van der Waals surface area (Å²) in [6, 6.07) is 5.17. The minimum absolute atomic E-state index is 0. The van der Waals surface area contributed by atoms with Gasteiger partial charge in [-0.05, 0) is 17.7 Å². The molecule has 17 heavy (non-hydrogen) atoms. The molecule has 0 spiro atoms. The fourth-order valence-corrected chi connectivity index (χ4v) is 1.19. The number of benzene rings is 1. The molecule has 0 saturated carbocycles. The Morgan fingerprint density at radius 1 is 1.41 bits per heavy atom. The summed E-state index contributed by atoms with van der Waals surface area (Å²) in [5.74, 6) is 0.0588. The predicted octanol–water partition coefficient (Wildman–Crippen LogP) is 2.63. The van der Waals surface area contributed by atoms with E-state index in [2.05, 4.69) is 17.6 Å². The highest BCUT2D eigenvalue weighted by atomic mass is 127. The number of thiol groups is 1. The van der Waals surface area contributed by atoms with Gasteiger partial charge < -0.3 is 10.5 Å². The number of carbonyl (C=O) groups is 1. The molecule has 0 bridgehead atoms. The van der Waals surface area contributed by atoms with E-state index >= 15 is 0 Å². The van der Waals surface area contributed by atoms with Crippen LogP contribution in [0.4, 0.5) is 13.6 Å². The minimum Gasteiger partial charge on any atom is -0.435 e. The van der Waals surface area contributed by atoms with Crippen LogP contribution < -0.4 is 10.5 Å². The van der Waals surface area contributed by atoms with Crippen LogP contribution >= 0.6 is 36.8 Å². The minimum atomic E-state index is -2.85. The highest BCUT2D eigenvalue weighted by molar-refractivity contribution is 14.0. The summed E-state index contributed by atoms with van der Waals surface area (Å²) < 4.78 is 28.8. The number of carbonyl (C=O) groups excluding carboxylic acids is 1. The van der Waals surface area contributed by atoms with E-state index in [-0.39, 0.29) is 36.3 Å². The number of halogens is 3. The molecule has 4 nitrogen and oxygen atoms in total. The number of primary amides is 1. The lowest BCUT2D eigenvalue weighted by atomic mass is 10.2. The third-order valence-corrected chi connectivity index (χ3v) is 2.07. The van der Waals surface area contributed by atoms with Gasteiger partial charge in [0, 0.05) is 0 Å². The van der Waals surface area contributed by atoms with E-state index in [1.165, 1.54) is 12.1 Å². The van der Waals surface area contributed by atoms with Gasteiger partial charge in [0.2, 0.25) is 0 Å². The molecule has 0 atom stereocenters. The molecule has 1 rings (SSSR count). The fourth-order valence-electron chi connectivity index (χ4n) is 1.03. The first-order valence-electron chi connectivity index (χ1n) is 4.28. The van der Waals surface area contributed by atoms with Crippen molar-refractivity contribution in [2.24, 2.45) is 5.73 Å². The van der Waals surface area contributed by atoms with Gasteiger partial charge in [-0.25, -0.2) is 4.79 Å². The molecule has 1 aromatic rings. The maximum atomic E-state index is 11.8. The van der Waals surface area contributed by atoms with E-state index < -0.39 is 12.6 Å². The largest absolute Gasteiger partial charge is 0.435 e. The Hall–Kier alpha value is -0.770. The van der Waals surface area contributed by atoms with Gasteiger partial charge in [-0.15, -0.1) is 24.0 Å². The van der Waals surface area contributed by atoms with Crippen molar-refractivity contribution in [3.05, 3.63) is 29.8 Å². The molecule has 0 saturated heterocycles. The number of hydrogen-bond acceptors (Lipinski definition) is 3. The SMILES string of the molecule is I.NC(=O)N(S)Cc1ccc(OC(F)F)cc1. The van der Waals surface area contributed by atoms with E-state index in [0.717, 1.165) is 4.31 Å². The molecule has 0 radical (unpaired) electrons. The van der Waals surface area contributed by atoms with Gasteiger partial charge in [-0.2, -0.15) is 8.78 Å². The Kier molecular flexibility index (Phi) is 7.19. The van der Waals surface area contributed by atoms with Gasteiger partial charge in [0.15, 0.2) is 0 Å². The number of nitrogens with zero attached hydrogens (tertiary/aromatic N) is 1. The first kappa shape index (κ1) is 16.2. The van der Waals surface area contributed by atoms with Crippen LogP contribution in [0.5, 0.6) is 5.75 Å². The highest BCUT2D eigenvalue weighted by Crippen LogP contribution is 2.16. The monoisotopic (exact) mass is 376 g/mol. The summed E-state index contributed by atoms with van der Waals surface area (Å²) in [6.07, 6.45) is 0. The number of urea groups is 1. The fraction of sp³-hybridized carbons (Fsp3) is 0.222. The molecular weight excluding hydrogens is 365 g/mol. The third-order valence-electron chi connectivity index (χ3n) is 1.74. The van der Waals surface area contributed by atoms with Crippen molar-refractivity contribution in [3.63, 3.8) is 0 Å². The first-order valence-corrected chi connectivity index (χ1v) is 4.68. The van der Waals surface area contributed by atoms with Crippen LogP contribution in [0.25, 0.3) is 0 Å². The molecule has 2 amide bonds. The van der Waals surface area contributed by atoms with Gasteiger partial charge in [0.1, 0.15) is 5.75 Å². The summed E-state index contributed by atoms with van der Waals surface area (Å²) in [5, 5.41) is 0. The zero-order valence-electron chi connectivity index (χ0n) is 8.55. The zero-order valence-corrected chi connectivity index (χ0v) is 11.8.